The number of thiazole rings is 1. The zero-order chi connectivity index (χ0) is 9.97. The van der Waals surface area contributed by atoms with Crippen molar-refractivity contribution in [2.24, 2.45) is 7.05 Å². The normalized spacial score (nSPS) is 10.4. The molecule has 0 aromatic carbocycles. The van der Waals surface area contributed by atoms with E-state index in [1.54, 1.807) is 22.2 Å². The summed E-state index contributed by atoms with van der Waals surface area (Å²) in [6.07, 6.45) is 3.71. The van der Waals surface area contributed by atoms with Crippen molar-refractivity contribution in [2.75, 3.05) is 5.32 Å². The average molecular weight is 273 g/mol. The number of aryl methyl sites for hydroxylation is 1. The molecule has 14 heavy (non-hydrogen) atoms. The molecular weight excluding hydrogens is 264 g/mol. The Morgan fingerprint density at radius 3 is 3.07 bits per heavy atom. The second-order valence-electron chi connectivity index (χ2n) is 2.79. The Morgan fingerprint density at radius 1 is 1.64 bits per heavy atom. The molecule has 74 valence electrons. The predicted molar refractivity (Wildman–Crippen MR) is 60.3 cm³/mol. The van der Waals surface area contributed by atoms with Gasteiger partial charge < -0.3 is 5.32 Å². The Hall–Kier alpha value is -0.880. The number of aromatic nitrogens is 3. The van der Waals surface area contributed by atoms with Crippen LogP contribution in [0.4, 0.5) is 5.82 Å². The summed E-state index contributed by atoms with van der Waals surface area (Å²) < 4.78 is 2.82. The molecule has 0 aliphatic heterocycles. The lowest BCUT2D eigenvalue weighted by molar-refractivity contribution is 0.768. The Morgan fingerprint density at radius 2 is 2.50 bits per heavy atom. The molecule has 1 N–H and O–H groups in total. The van der Waals surface area contributed by atoms with Gasteiger partial charge in [-0.1, -0.05) is 0 Å². The highest BCUT2D eigenvalue weighted by Gasteiger charge is 2.00. The molecule has 2 aromatic heterocycles. The highest BCUT2D eigenvalue weighted by atomic mass is 79.9. The maximum absolute atomic E-state index is 4.21. The summed E-state index contributed by atoms with van der Waals surface area (Å²) in [5.74, 6) is 0.874. The molecule has 0 radical (unpaired) electrons. The van der Waals surface area contributed by atoms with Gasteiger partial charge in [-0.3, -0.25) is 4.68 Å². The van der Waals surface area contributed by atoms with Crippen molar-refractivity contribution in [3.05, 3.63) is 27.3 Å². The molecular formula is C8H9BrN4S. The Balaban J connectivity index is 1.94. The molecule has 0 aliphatic rings. The Bertz CT molecular complexity index is 382. The second kappa shape index (κ2) is 4.10. The molecule has 0 bridgehead atoms. The Kier molecular flexibility index (Phi) is 2.83. The predicted octanol–water partition coefficient (Wildman–Crippen LogP) is 2.25. The van der Waals surface area contributed by atoms with Crippen LogP contribution in [0.15, 0.2) is 22.2 Å². The molecule has 2 aromatic rings. The standard InChI is InChI=1S/C8H9BrN4S/c1-13-3-2-7(12-13)10-5-8-11-4-6(9)14-8/h2-4H,5H2,1H3,(H,10,12). The van der Waals surface area contributed by atoms with Gasteiger partial charge in [0.1, 0.15) is 10.8 Å². The van der Waals surface area contributed by atoms with Crippen molar-refractivity contribution in [2.45, 2.75) is 6.54 Å². The number of rotatable bonds is 3. The summed E-state index contributed by atoms with van der Waals surface area (Å²) in [7, 11) is 1.89. The van der Waals surface area contributed by atoms with Crippen LogP contribution in [0.1, 0.15) is 5.01 Å². The molecule has 4 nitrogen and oxygen atoms in total. The molecule has 0 saturated carbocycles. The summed E-state index contributed by atoms with van der Waals surface area (Å²) in [6, 6.07) is 1.93. The molecule has 0 amide bonds. The summed E-state index contributed by atoms with van der Waals surface area (Å²) in [5, 5.41) is 8.44. The first-order chi connectivity index (χ1) is 6.74. The molecule has 0 spiro atoms. The Labute approximate surface area is 94.1 Å². The third-order valence-electron chi connectivity index (χ3n) is 1.66. The lowest BCUT2D eigenvalue weighted by Gasteiger charge is -1.97. The number of hydrogen-bond donors (Lipinski definition) is 1. The van der Waals surface area contributed by atoms with E-state index in [9.17, 15) is 0 Å². The minimum absolute atomic E-state index is 0.716. The highest BCUT2D eigenvalue weighted by molar-refractivity contribution is 9.11. The van der Waals surface area contributed by atoms with E-state index < -0.39 is 0 Å². The van der Waals surface area contributed by atoms with Gasteiger partial charge in [0, 0.05) is 19.3 Å². The van der Waals surface area contributed by atoms with Crippen LogP contribution in [0.2, 0.25) is 0 Å². The highest BCUT2D eigenvalue weighted by Crippen LogP contribution is 2.19. The number of anilines is 1. The first-order valence-corrected chi connectivity index (χ1v) is 5.69. The molecule has 2 heterocycles. The van der Waals surface area contributed by atoms with Gasteiger partial charge in [-0.25, -0.2) is 4.98 Å². The van der Waals surface area contributed by atoms with E-state index in [1.807, 2.05) is 19.3 Å². The van der Waals surface area contributed by atoms with Crippen molar-refractivity contribution in [1.82, 2.24) is 14.8 Å². The second-order valence-corrected chi connectivity index (χ2v) is 5.28. The largest absolute Gasteiger partial charge is 0.362 e. The van der Waals surface area contributed by atoms with Crippen LogP contribution in [0.25, 0.3) is 0 Å². The van der Waals surface area contributed by atoms with Gasteiger partial charge in [0.15, 0.2) is 0 Å². The number of nitrogens with one attached hydrogen (secondary N) is 1. The van der Waals surface area contributed by atoms with Gasteiger partial charge in [-0.2, -0.15) is 5.10 Å². The molecule has 2 rings (SSSR count). The average Bonchev–Trinajstić information content (AvgIpc) is 2.72. The minimum atomic E-state index is 0.716. The van der Waals surface area contributed by atoms with Crippen LogP contribution < -0.4 is 5.32 Å². The molecule has 0 aliphatic carbocycles. The first kappa shape index (κ1) is 9.67. The topological polar surface area (TPSA) is 42.7 Å². The van der Waals surface area contributed by atoms with Crippen molar-refractivity contribution >= 4 is 33.1 Å². The lowest BCUT2D eigenvalue weighted by atomic mass is 10.6. The fourth-order valence-electron chi connectivity index (χ4n) is 1.05. The quantitative estimate of drug-likeness (QED) is 0.932. The fourth-order valence-corrected chi connectivity index (χ4v) is 2.29. The summed E-state index contributed by atoms with van der Waals surface area (Å²) in [4.78, 5) is 4.21. The summed E-state index contributed by atoms with van der Waals surface area (Å²) in [6.45, 7) is 0.716. The van der Waals surface area contributed by atoms with Gasteiger partial charge >= 0.3 is 0 Å². The molecule has 0 atom stereocenters. The SMILES string of the molecule is Cn1ccc(NCc2ncc(Br)s2)n1. The molecule has 0 saturated heterocycles. The van der Waals surface area contributed by atoms with Crippen molar-refractivity contribution < 1.29 is 0 Å². The van der Waals surface area contributed by atoms with Gasteiger partial charge in [-0.15, -0.1) is 11.3 Å². The van der Waals surface area contributed by atoms with Gasteiger partial charge in [-0.05, 0) is 15.9 Å². The van der Waals surface area contributed by atoms with E-state index in [2.05, 4.69) is 31.3 Å². The van der Waals surface area contributed by atoms with E-state index in [4.69, 9.17) is 0 Å². The van der Waals surface area contributed by atoms with Gasteiger partial charge in [0.05, 0.1) is 16.5 Å². The smallest absolute Gasteiger partial charge is 0.148 e. The van der Waals surface area contributed by atoms with E-state index in [0.717, 1.165) is 14.6 Å². The zero-order valence-electron chi connectivity index (χ0n) is 7.57. The van der Waals surface area contributed by atoms with E-state index >= 15 is 0 Å². The van der Waals surface area contributed by atoms with Crippen molar-refractivity contribution in [3.8, 4) is 0 Å². The van der Waals surface area contributed by atoms with Gasteiger partial charge in [0.2, 0.25) is 0 Å². The third kappa shape index (κ3) is 2.33. The van der Waals surface area contributed by atoms with E-state index in [1.165, 1.54) is 0 Å². The molecule has 0 fully saturated rings. The zero-order valence-corrected chi connectivity index (χ0v) is 9.97. The van der Waals surface area contributed by atoms with Gasteiger partial charge in [0.25, 0.3) is 0 Å². The van der Waals surface area contributed by atoms with Crippen LogP contribution in [-0.2, 0) is 13.6 Å². The summed E-state index contributed by atoms with van der Waals surface area (Å²) in [5.41, 5.74) is 0. The molecule has 0 unspecified atom stereocenters. The van der Waals surface area contributed by atoms with Crippen LogP contribution in [0.3, 0.4) is 0 Å². The lowest BCUT2D eigenvalue weighted by Crippen LogP contribution is -2.00. The number of nitrogens with zero attached hydrogens (tertiary/aromatic N) is 3. The molecule has 6 heteroatoms. The van der Waals surface area contributed by atoms with E-state index in [-0.39, 0.29) is 0 Å². The maximum Gasteiger partial charge on any atom is 0.148 e. The maximum atomic E-state index is 4.21. The van der Waals surface area contributed by atoms with E-state index in [0.29, 0.717) is 6.54 Å². The number of halogens is 1. The number of hydrogen-bond acceptors (Lipinski definition) is 4. The monoisotopic (exact) mass is 272 g/mol. The third-order valence-corrected chi connectivity index (χ3v) is 3.14. The first-order valence-electron chi connectivity index (χ1n) is 4.08. The van der Waals surface area contributed by atoms with Crippen LogP contribution in [0.5, 0.6) is 0 Å². The minimum Gasteiger partial charge on any atom is -0.362 e. The van der Waals surface area contributed by atoms with Crippen LogP contribution in [-0.4, -0.2) is 14.8 Å². The van der Waals surface area contributed by atoms with Crippen LogP contribution >= 0.6 is 27.3 Å². The van der Waals surface area contributed by atoms with Crippen molar-refractivity contribution in [3.63, 3.8) is 0 Å². The van der Waals surface area contributed by atoms with Crippen molar-refractivity contribution in [1.29, 1.82) is 0 Å². The van der Waals surface area contributed by atoms with Crippen LogP contribution in [0, 0.1) is 0 Å². The summed E-state index contributed by atoms with van der Waals surface area (Å²) >= 11 is 4.99. The fraction of sp³-hybridized carbons (Fsp3) is 0.250.